The van der Waals surface area contributed by atoms with E-state index in [0.717, 1.165) is 34.4 Å². The van der Waals surface area contributed by atoms with Crippen molar-refractivity contribution in [2.75, 3.05) is 0 Å². The fourth-order valence-corrected chi connectivity index (χ4v) is 3.49. The van der Waals surface area contributed by atoms with Crippen LogP contribution in [0.25, 0.3) is 22.1 Å². The van der Waals surface area contributed by atoms with Crippen LogP contribution in [-0.2, 0) is 24.4 Å². The van der Waals surface area contributed by atoms with Crippen molar-refractivity contribution < 1.29 is 4.79 Å². The molecular formula is C21H23N5O. The molecule has 2 heterocycles. The first-order chi connectivity index (χ1) is 13.2. The molecule has 0 aliphatic rings. The second kappa shape index (κ2) is 7.23. The molecule has 0 aliphatic carbocycles. The van der Waals surface area contributed by atoms with Crippen molar-refractivity contribution in [1.82, 2.24) is 24.4 Å². The summed E-state index contributed by atoms with van der Waals surface area (Å²) < 4.78 is 4.17. The van der Waals surface area contributed by atoms with Crippen molar-refractivity contribution in [1.29, 1.82) is 0 Å². The van der Waals surface area contributed by atoms with Crippen molar-refractivity contribution in [3.8, 4) is 0 Å². The monoisotopic (exact) mass is 361 g/mol. The second-order valence-electron chi connectivity index (χ2n) is 6.77. The smallest absolute Gasteiger partial charge is 0.225 e. The number of amides is 1. The molecule has 4 aromatic rings. The van der Waals surface area contributed by atoms with E-state index in [1.165, 1.54) is 0 Å². The molecule has 0 unspecified atom stereocenters. The van der Waals surface area contributed by atoms with E-state index in [1.807, 2.05) is 54.0 Å². The molecule has 0 bridgehead atoms. The van der Waals surface area contributed by atoms with E-state index < -0.39 is 0 Å². The maximum atomic E-state index is 12.6. The second-order valence-corrected chi connectivity index (χ2v) is 6.77. The Bertz CT molecular complexity index is 1090. The van der Waals surface area contributed by atoms with E-state index in [9.17, 15) is 4.79 Å². The lowest BCUT2D eigenvalue weighted by Crippen LogP contribution is -2.32. The summed E-state index contributed by atoms with van der Waals surface area (Å²) in [5, 5.41) is 3.04. The number of hydrogen-bond donors (Lipinski definition) is 1. The average molecular weight is 361 g/mol. The van der Waals surface area contributed by atoms with Gasteiger partial charge in [0.15, 0.2) is 0 Å². The Hall–Kier alpha value is -3.15. The minimum atomic E-state index is -0.165. The first-order valence-electron chi connectivity index (χ1n) is 9.29. The summed E-state index contributed by atoms with van der Waals surface area (Å²) in [6.45, 7) is 5.87. The van der Waals surface area contributed by atoms with Gasteiger partial charge in [-0.1, -0.05) is 31.2 Å². The number of imidazole rings is 2. The van der Waals surface area contributed by atoms with Gasteiger partial charge in [-0.05, 0) is 31.2 Å². The minimum absolute atomic E-state index is 0.0162. The first kappa shape index (κ1) is 17.3. The number of rotatable bonds is 6. The van der Waals surface area contributed by atoms with Crippen LogP contribution >= 0.6 is 0 Å². The molecule has 1 N–H and O–H groups in total. The molecule has 2 aromatic heterocycles. The summed E-state index contributed by atoms with van der Waals surface area (Å²) in [6.07, 6.45) is 1.80. The zero-order valence-electron chi connectivity index (χ0n) is 15.6. The maximum Gasteiger partial charge on any atom is 0.225 e. The average Bonchev–Trinajstić information content (AvgIpc) is 3.27. The Kier molecular flexibility index (Phi) is 4.62. The molecule has 0 aliphatic heterocycles. The summed E-state index contributed by atoms with van der Waals surface area (Å²) >= 11 is 0. The van der Waals surface area contributed by atoms with Crippen molar-refractivity contribution in [3.63, 3.8) is 0 Å². The largest absolute Gasteiger partial charge is 0.349 e. The van der Waals surface area contributed by atoms with Gasteiger partial charge in [0, 0.05) is 13.1 Å². The van der Waals surface area contributed by atoms with Gasteiger partial charge in [-0.15, -0.1) is 0 Å². The van der Waals surface area contributed by atoms with E-state index in [4.69, 9.17) is 0 Å². The predicted octanol–water partition coefficient (Wildman–Crippen LogP) is 3.36. The van der Waals surface area contributed by atoms with Gasteiger partial charge in [0.25, 0.3) is 0 Å². The van der Waals surface area contributed by atoms with Crippen LogP contribution < -0.4 is 5.32 Å². The quantitative estimate of drug-likeness (QED) is 0.573. The number of carbonyl (C=O) groups excluding carboxylic acids is 1. The molecule has 0 saturated carbocycles. The normalized spacial score (nSPS) is 12.5. The van der Waals surface area contributed by atoms with E-state index in [0.29, 0.717) is 13.1 Å². The molecule has 0 spiro atoms. The summed E-state index contributed by atoms with van der Waals surface area (Å²) in [5.41, 5.74) is 4.05. The molecule has 0 fully saturated rings. The van der Waals surface area contributed by atoms with Crippen LogP contribution in [-0.4, -0.2) is 25.0 Å². The number of hydrogen-bond acceptors (Lipinski definition) is 3. The fourth-order valence-electron chi connectivity index (χ4n) is 3.49. The summed E-state index contributed by atoms with van der Waals surface area (Å²) in [4.78, 5) is 21.7. The molecule has 1 atom stereocenters. The molecule has 138 valence electrons. The third kappa shape index (κ3) is 3.30. The number of nitrogens with zero attached hydrogens (tertiary/aromatic N) is 4. The molecule has 6 heteroatoms. The van der Waals surface area contributed by atoms with Gasteiger partial charge in [0.2, 0.25) is 5.91 Å². The highest BCUT2D eigenvalue weighted by atomic mass is 16.1. The topological polar surface area (TPSA) is 64.7 Å². The maximum absolute atomic E-state index is 12.6. The number of para-hydroxylation sites is 4. The van der Waals surface area contributed by atoms with E-state index in [1.54, 1.807) is 6.33 Å². The lowest BCUT2D eigenvalue weighted by atomic mass is 10.1. The van der Waals surface area contributed by atoms with Gasteiger partial charge in [-0.3, -0.25) is 4.79 Å². The van der Waals surface area contributed by atoms with Crippen molar-refractivity contribution in [2.45, 2.75) is 33.5 Å². The molecular weight excluding hydrogens is 338 g/mol. The van der Waals surface area contributed by atoms with Crippen LogP contribution in [0.4, 0.5) is 0 Å². The highest BCUT2D eigenvalue weighted by Gasteiger charge is 2.16. The SMILES string of the molecule is CCn1c(CNC(=O)[C@@H](C)Cn2cnc3ccccc32)nc2ccccc21. The Labute approximate surface area is 157 Å². The number of carbonyl (C=O) groups is 1. The number of fused-ring (bicyclic) bond motifs is 2. The van der Waals surface area contributed by atoms with Crippen molar-refractivity contribution in [3.05, 3.63) is 60.7 Å². The molecule has 6 nitrogen and oxygen atoms in total. The summed E-state index contributed by atoms with van der Waals surface area (Å²) in [5.74, 6) is 0.733. The fraction of sp³-hybridized carbons (Fsp3) is 0.286. The summed E-state index contributed by atoms with van der Waals surface area (Å²) in [6, 6.07) is 16.0. The van der Waals surface area contributed by atoms with Gasteiger partial charge >= 0.3 is 0 Å². The lowest BCUT2D eigenvalue weighted by molar-refractivity contribution is -0.125. The van der Waals surface area contributed by atoms with Crippen LogP contribution in [0.2, 0.25) is 0 Å². The zero-order valence-corrected chi connectivity index (χ0v) is 15.6. The van der Waals surface area contributed by atoms with E-state index in [-0.39, 0.29) is 11.8 Å². The predicted molar refractivity (Wildman–Crippen MR) is 106 cm³/mol. The molecule has 27 heavy (non-hydrogen) atoms. The number of aromatic nitrogens is 4. The molecule has 1 amide bonds. The van der Waals surface area contributed by atoms with Crippen LogP contribution in [0.15, 0.2) is 54.9 Å². The molecule has 0 saturated heterocycles. The molecule has 4 rings (SSSR count). The molecule has 2 aromatic carbocycles. The number of benzene rings is 2. The van der Waals surface area contributed by atoms with Crippen LogP contribution in [0.5, 0.6) is 0 Å². The highest BCUT2D eigenvalue weighted by Crippen LogP contribution is 2.16. The highest BCUT2D eigenvalue weighted by molar-refractivity contribution is 5.80. The van der Waals surface area contributed by atoms with Gasteiger partial charge in [-0.25, -0.2) is 9.97 Å². The van der Waals surface area contributed by atoms with Crippen LogP contribution in [0.3, 0.4) is 0 Å². The molecule has 0 radical (unpaired) electrons. The standard InChI is InChI=1S/C21H23N5O/c1-3-26-19-11-7-5-9-17(19)24-20(26)12-22-21(27)15(2)13-25-14-23-16-8-4-6-10-18(16)25/h4-11,14-15H,3,12-13H2,1-2H3,(H,22,27)/t15-/m0/s1. The lowest BCUT2D eigenvalue weighted by Gasteiger charge is -2.14. The van der Waals surface area contributed by atoms with Crippen molar-refractivity contribution >= 4 is 28.0 Å². The van der Waals surface area contributed by atoms with Crippen LogP contribution in [0.1, 0.15) is 19.7 Å². The van der Waals surface area contributed by atoms with Crippen LogP contribution in [0, 0.1) is 5.92 Å². The van der Waals surface area contributed by atoms with Crippen molar-refractivity contribution in [2.24, 2.45) is 5.92 Å². The Morgan fingerprint density at radius 3 is 2.56 bits per heavy atom. The Morgan fingerprint density at radius 2 is 1.78 bits per heavy atom. The summed E-state index contributed by atoms with van der Waals surface area (Å²) in [7, 11) is 0. The van der Waals surface area contributed by atoms with Gasteiger partial charge in [0.05, 0.1) is 40.9 Å². The van der Waals surface area contributed by atoms with Gasteiger partial charge < -0.3 is 14.5 Å². The van der Waals surface area contributed by atoms with E-state index >= 15 is 0 Å². The number of nitrogens with one attached hydrogen (secondary N) is 1. The first-order valence-corrected chi connectivity index (χ1v) is 9.29. The minimum Gasteiger partial charge on any atom is -0.349 e. The van der Waals surface area contributed by atoms with Gasteiger partial charge in [0.1, 0.15) is 5.82 Å². The van der Waals surface area contributed by atoms with Gasteiger partial charge in [-0.2, -0.15) is 0 Å². The number of aryl methyl sites for hydroxylation is 1. The third-order valence-corrected chi connectivity index (χ3v) is 4.92. The zero-order chi connectivity index (χ0) is 18.8. The van der Waals surface area contributed by atoms with E-state index in [2.05, 4.69) is 32.8 Å². The third-order valence-electron chi connectivity index (χ3n) is 4.92. The Morgan fingerprint density at radius 1 is 1.07 bits per heavy atom. The Balaban J connectivity index is 1.45.